The number of hydrogen-bond donors (Lipinski definition) is 2. The number of halogens is 3. The first-order valence-electron chi connectivity index (χ1n) is 8.27. The van der Waals surface area contributed by atoms with Crippen molar-refractivity contribution in [1.29, 1.82) is 0 Å². The zero-order chi connectivity index (χ0) is 19.7. The summed E-state index contributed by atoms with van der Waals surface area (Å²) in [4.78, 5) is 22.3. The van der Waals surface area contributed by atoms with Gasteiger partial charge in [-0.2, -0.15) is 17.6 Å². The van der Waals surface area contributed by atoms with E-state index in [0.29, 0.717) is 11.3 Å². The van der Waals surface area contributed by atoms with Crippen molar-refractivity contribution >= 4 is 17.2 Å². The number of nitrogens with one attached hydrogen (secondary N) is 3. The van der Waals surface area contributed by atoms with Crippen LogP contribution in [0.25, 0.3) is 16.9 Å². The first-order valence-corrected chi connectivity index (χ1v) is 8.27. The molecule has 0 aliphatic heterocycles. The van der Waals surface area contributed by atoms with E-state index in [1.807, 2.05) is 0 Å². The van der Waals surface area contributed by atoms with Gasteiger partial charge in [0, 0.05) is 6.07 Å². The predicted octanol–water partition coefficient (Wildman–Crippen LogP) is 2.90. The monoisotopic (exact) mass is 385 g/mol. The lowest BCUT2D eigenvalue weighted by atomic mass is 10.1. The van der Waals surface area contributed by atoms with Gasteiger partial charge < -0.3 is 0 Å². The van der Waals surface area contributed by atoms with E-state index >= 15 is 0 Å². The average Bonchev–Trinajstić information content (AvgIpc) is 3.08. The second kappa shape index (κ2) is 6.76. The summed E-state index contributed by atoms with van der Waals surface area (Å²) in [6.07, 6.45) is 0.0639. The molecule has 0 saturated heterocycles. The van der Waals surface area contributed by atoms with Crippen LogP contribution in [0, 0.1) is 0 Å². The third-order valence-electron chi connectivity index (χ3n) is 4.17. The van der Waals surface area contributed by atoms with Crippen LogP contribution in [0.1, 0.15) is 16.1 Å². The SMILES string of the molecule is O=C(Nc1cc[nH+]cn1)c1[nH]c(-c2ccccc2C(F)(F)F)[n+]2ccccc12. The molecular weight excluding hydrogens is 371 g/mol. The van der Waals surface area contributed by atoms with Crippen LogP contribution in [-0.4, -0.2) is 15.9 Å². The van der Waals surface area contributed by atoms with Crippen molar-refractivity contribution in [3.05, 3.63) is 78.5 Å². The first-order chi connectivity index (χ1) is 13.4. The molecule has 3 N–H and O–H groups in total. The molecule has 0 spiro atoms. The van der Waals surface area contributed by atoms with E-state index in [9.17, 15) is 18.0 Å². The molecule has 0 bridgehead atoms. The van der Waals surface area contributed by atoms with Crippen molar-refractivity contribution in [2.45, 2.75) is 6.18 Å². The lowest BCUT2D eigenvalue weighted by Gasteiger charge is -2.09. The molecule has 0 radical (unpaired) electrons. The molecule has 0 unspecified atom stereocenters. The zero-order valence-corrected chi connectivity index (χ0v) is 14.3. The third kappa shape index (κ3) is 3.18. The molecule has 9 heteroatoms. The maximum Gasteiger partial charge on any atom is 0.417 e. The second-order valence-electron chi connectivity index (χ2n) is 5.95. The predicted molar refractivity (Wildman–Crippen MR) is 93.1 cm³/mol. The Morgan fingerprint density at radius 1 is 1.11 bits per heavy atom. The Morgan fingerprint density at radius 2 is 1.89 bits per heavy atom. The lowest BCUT2D eigenvalue weighted by molar-refractivity contribution is -0.498. The van der Waals surface area contributed by atoms with Gasteiger partial charge in [-0.25, -0.2) is 4.98 Å². The zero-order valence-electron chi connectivity index (χ0n) is 14.3. The molecule has 3 heterocycles. The molecule has 1 amide bonds. The highest BCUT2D eigenvalue weighted by atomic mass is 19.4. The molecule has 28 heavy (non-hydrogen) atoms. The Balaban J connectivity index is 1.86. The van der Waals surface area contributed by atoms with E-state index < -0.39 is 17.6 Å². The Bertz CT molecular complexity index is 1160. The smallest absolute Gasteiger partial charge is 0.282 e. The fourth-order valence-electron chi connectivity index (χ4n) is 2.96. The number of alkyl halides is 3. The summed E-state index contributed by atoms with van der Waals surface area (Å²) in [5.74, 6) is -0.0501. The van der Waals surface area contributed by atoms with Crippen LogP contribution in [-0.2, 0) is 6.18 Å². The summed E-state index contributed by atoms with van der Waals surface area (Å²) < 4.78 is 41.9. The summed E-state index contributed by atoms with van der Waals surface area (Å²) in [6, 6.07) is 11.8. The second-order valence-corrected chi connectivity index (χ2v) is 5.95. The number of benzene rings is 1. The maximum atomic E-state index is 13.5. The van der Waals surface area contributed by atoms with Crippen LogP contribution in [0.5, 0.6) is 0 Å². The minimum absolute atomic E-state index is 0.0531. The van der Waals surface area contributed by atoms with Crippen LogP contribution < -0.4 is 14.7 Å². The Kier molecular flexibility index (Phi) is 4.26. The van der Waals surface area contributed by atoms with Crippen molar-refractivity contribution in [3.63, 3.8) is 0 Å². The number of hydrogen-bond acceptors (Lipinski definition) is 2. The highest BCUT2D eigenvalue weighted by molar-refractivity contribution is 6.06. The van der Waals surface area contributed by atoms with E-state index in [0.717, 1.165) is 6.07 Å². The van der Waals surface area contributed by atoms with Crippen molar-refractivity contribution < 1.29 is 27.4 Å². The summed E-state index contributed by atoms with van der Waals surface area (Å²) in [6.45, 7) is 0. The largest absolute Gasteiger partial charge is 0.417 e. The van der Waals surface area contributed by atoms with Crippen LogP contribution in [0.2, 0.25) is 0 Å². The number of anilines is 1. The number of H-pyrrole nitrogens is 2. The van der Waals surface area contributed by atoms with E-state index in [4.69, 9.17) is 0 Å². The quantitative estimate of drug-likeness (QED) is 0.532. The number of aromatic amines is 2. The van der Waals surface area contributed by atoms with Crippen molar-refractivity contribution in [1.82, 2.24) is 9.97 Å². The molecule has 0 aliphatic carbocycles. The summed E-state index contributed by atoms with van der Waals surface area (Å²) >= 11 is 0. The number of pyridine rings is 1. The highest BCUT2D eigenvalue weighted by Crippen LogP contribution is 2.35. The van der Waals surface area contributed by atoms with E-state index in [2.05, 4.69) is 20.3 Å². The van der Waals surface area contributed by atoms with Crippen molar-refractivity contribution in [2.24, 2.45) is 0 Å². The van der Waals surface area contributed by atoms with Crippen LogP contribution in [0.3, 0.4) is 0 Å². The lowest BCUT2D eigenvalue weighted by Crippen LogP contribution is -2.23. The Morgan fingerprint density at radius 3 is 2.64 bits per heavy atom. The maximum absolute atomic E-state index is 13.5. The number of aromatic nitrogens is 4. The molecule has 140 valence electrons. The highest BCUT2D eigenvalue weighted by Gasteiger charge is 2.37. The summed E-state index contributed by atoms with van der Waals surface area (Å²) in [7, 11) is 0. The third-order valence-corrected chi connectivity index (χ3v) is 4.17. The molecule has 3 aromatic heterocycles. The van der Waals surface area contributed by atoms with Gasteiger partial charge in [0.25, 0.3) is 18.0 Å². The summed E-state index contributed by atoms with van der Waals surface area (Å²) in [5, 5.41) is 2.62. The van der Waals surface area contributed by atoms with Gasteiger partial charge in [-0.05, 0) is 29.2 Å². The molecule has 0 fully saturated rings. The molecule has 4 aromatic rings. The Hall–Kier alpha value is -3.75. The van der Waals surface area contributed by atoms with Crippen LogP contribution in [0.15, 0.2) is 67.3 Å². The van der Waals surface area contributed by atoms with Gasteiger partial charge in [-0.15, -0.1) is 0 Å². The minimum atomic E-state index is -4.53. The minimum Gasteiger partial charge on any atom is -0.282 e. The molecule has 1 aromatic carbocycles. The first kappa shape index (κ1) is 17.7. The fourth-order valence-corrected chi connectivity index (χ4v) is 2.96. The van der Waals surface area contributed by atoms with Crippen molar-refractivity contribution in [2.75, 3.05) is 5.32 Å². The number of carbonyl (C=O) groups excluding carboxylic acids is 1. The molecular formula is C19H14F3N5O+2. The van der Waals surface area contributed by atoms with Gasteiger partial charge in [-0.3, -0.25) is 15.1 Å². The van der Waals surface area contributed by atoms with Gasteiger partial charge in [0.1, 0.15) is 0 Å². The molecule has 0 saturated carbocycles. The Labute approximate surface area is 156 Å². The van der Waals surface area contributed by atoms with Crippen molar-refractivity contribution in [3.8, 4) is 11.4 Å². The van der Waals surface area contributed by atoms with E-state index in [1.165, 1.54) is 28.9 Å². The standard InChI is InChI=1S/C19H12F3N5O/c20-19(21,22)13-6-2-1-5-12(13)17-26-16(14-7-3-4-10-27(14)17)18(28)25-15-8-9-23-11-24-15/h1-11H,(H,23,24,25,28)/p+2. The fraction of sp³-hybridized carbons (Fsp3) is 0.0526. The molecule has 0 atom stereocenters. The number of carbonyl (C=O) groups is 1. The average molecular weight is 385 g/mol. The van der Waals surface area contributed by atoms with Gasteiger partial charge >= 0.3 is 12.1 Å². The van der Waals surface area contributed by atoms with Gasteiger partial charge in [0.2, 0.25) is 5.69 Å². The van der Waals surface area contributed by atoms with Crippen LogP contribution >= 0.6 is 0 Å². The molecule has 6 nitrogen and oxygen atoms in total. The van der Waals surface area contributed by atoms with E-state index in [1.54, 1.807) is 36.7 Å². The molecule has 0 aliphatic rings. The van der Waals surface area contributed by atoms with E-state index in [-0.39, 0.29) is 17.1 Å². The van der Waals surface area contributed by atoms with Gasteiger partial charge in [0.05, 0.1) is 23.5 Å². The number of imidazole rings is 1. The topological polar surface area (TPSA) is 76.0 Å². The van der Waals surface area contributed by atoms with Crippen LogP contribution in [0.4, 0.5) is 19.0 Å². The normalized spacial score (nSPS) is 11.5. The number of rotatable bonds is 3. The molecule has 4 rings (SSSR count). The summed E-state index contributed by atoms with van der Waals surface area (Å²) in [5.41, 5.74) is -0.277. The number of fused-ring (bicyclic) bond motifs is 1. The number of nitrogens with zero attached hydrogens (tertiary/aromatic N) is 2. The number of amides is 1. The van der Waals surface area contributed by atoms with Gasteiger partial charge in [-0.1, -0.05) is 18.2 Å². The van der Waals surface area contributed by atoms with Gasteiger partial charge in [0.15, 0.2) is 5.52 Å².